The molecule has 0 radical (unpaired) electrons. The highest BCUT2D eigenvalue weighted by molar-refractivity contribution is 7.85. The van der Waals surface area contributed by atoms with Gasteiger partial charge in [-0.3, -0.25) is 4.18 Å². The minimum Gasteiger partial charge on any atom is -0.390 e. The summed E-state index contributed by atoms with van der Waals surface area (Å²) in [5, 5.41) is 10.8. The molecule has 4 nitrogen and oxygen atoms in total. The maximum atomic E-state index is 11.4. The highest BCUT2D eigenvalue weighted by Gasteiger charge is 2.58. The summed E-state index contributed by atoms with van der Waals surface area (Å²) in [6.45, 7) is 8.77. The molecule has 5 heteroatoms. The Morgan fingerprint density at radius 3 is 2.33 bits per heavy atom. The van der Waals surface area contributed by atoms with Crippen molar-refractivity contribution in [1.29, 1.82) is 0 Å². The van der Waals surface area contributed by atoms with Crippen LogP contribution in [0.25, 0.3) is 0 Å². The van der Waals surface area contributed by atoms with E-state index in [1.807, 2.05) is 6.92 Å². The van der Waals surface area contributed by atoms with Crippen molar-refractivity contribution in [2.75, 3.05) is 12.9 Å². The molecule has 0 aliphatic heterocycles. The van der Waals surface area contributed by atoms with Crippen molar-refractivity contribution >= 4 is 10.1 Å². The van der Waals surface area contributed by atoms with Crippen molar-refractivity contribution in [1.82, 2.24) is 0 Å². The molecule has 0 heterocycles. The average Bonchev–Trinajstić information content (AvgIpc) is 2.23. The van der Waals surface area contributed by atoms with E-state index >= 15 is 0 Å². The maximum Gasteiger partial charge on any atom is 0.264 e. The van der Waals surface area contributed by atoms with Gasteiger partial charge in [-0.2, -0.15) is 8.42 Å². The average molecular weight is 318 g/mol. The first kappa shape index (κ1) is 17.2. The molecule has 0 aromatic rings. The Bertz CT molecular complexity index is 494. The summed E-state index contributed by atoms with van der Waals surface area (Å²) < 4.78 is 27.8. The largest absolute Gasteiger partial charge is 0.390 e. The summed E-state index contributed by atoms with van der Waals surface area (Å²) in [7, 11) is -3.48. The van der Waals surface area contributed by atoms with Gasteiger partial charge in [0.05, 0.1) is 18.5 Å². The standard InChI is InChI=1S/C16H30O4S/c1-14(2)8-6-9-15(3)12(14)7-10-16(4,17)13(15)11-20-21(5,18)19/h12-13,17H,6-11H2,1-5H3. The Morgan fingerprint density at radius 2 is 1.76 bits per heavy atom. The minimum absolute atomic E-state index is 0.0613. The third kappa shape index (κ3) is 3.30. The van der Waals surface area contributed by atoms with E-state index in [1.54, 1.807) is 0 Å². The van der Waals surface area contributed by atoms with Crippen molar-refractivity contribution in [2.45, 2.75) is 65.4 Å². The van der Waals surface area contributed by atoms with Crippen molar-refractivity contribution in [3.8, 4) is 0 Å². The molecule has 4 unspecified atom stereocenters. The Kier molecular flexibility index (Phi) is 4.27. The second kappa shape index (κ2) is 5.20. The van der Waals surface area contributed by atoms with Crippen LogP contribution in [0.1, 0.15) is 59.8 Å². The topological polar surface area (TPSA) is 63.6 Å². The van der Waals surface area contributed by atoms with E-state index < -0.39 is 15.7 Å². The van der Waals surface area contributed by atoms with Gasteiger partial charge in [-0.1, -0.05) is 27.2 Å². The van der Waals surface area contributed by atoms with Crippen LogP contribution in [-0.4, -0.2) is 32.0 Å². The fourth-order valence-electron chi connectivity index (χ4n) is 5.19. The van der Waals surface area contributed by atoms with Gasteiger partial charge in [-0.05, 0) is 49.4 Å². The molecule has 2 fully saturated rings. The molecule has 0 saturated heterocycles. The lowest BCUT2D eigenvalue weighted by atomic mass is 9.46. The number of aliphatic hydroxyl groups is 1. The van der Waals surface area contributed by atoms with Crippen molar-refractivity contribution in [3.63, 3.8) is 0 Å². The van der Waals surface area contributed by atoms with E-state index in [9.17, 15) is 13.5 Å². The van der Waals surface area contributed by atoms with Gasteiger partial charge in [0.2, 0.25) is 0 Å². The fourth-order valence-corrected chi connectivity index (χ4v) is 5.57. The maximum absolute atomic E-state index is 11.4. The summed E-state index contributed by atoms with van der Waals surface area (Å²) in [4.78, 5) is 0. The van der Waals surface area contributed by atoms with E-state index in [0.717, 1.165) is 25.5 Å². The molecule has 124 valence electrons. The molecule has 0 amide bonds. The first-order chi connectivity index (χ1) is 9.39. The Hall–Kier alpha value is -0.130. The second-order valence-electron chi connectivity index (χ2n) is 8.34. The third-order valence-electron chi connectivity index (χ3n) is 6.21. The van der Waals surface area contributed by atoms with Gasteiger partial charge in [-0.25, -0.2) is 0 Å². The number of hydrogen-bond donors (Lipinski definition) is 1. The van der Waals surface area contributed by atoms with Crippen LogP contribution in [0.4, 0.5) is 0 Å². The van der Waals surface area contributed by atoms with Crippen LogP contribution in [0.2, 0.25) is 0 Å². The minimum atomic E-state index is -3.48. The predicted octanol–water partition coefficient (Wildman–Crippen LogP) is 2.96. The summed E-state index contributed by atoms with van der Waals surface area (Å²) in [5.74, 6) is 0.366. The van der Waals surface area contributed by atoms with Gasteiger partial charge < -0.3 is 5.11 Å². The summed E-state index contributed by atoms with van der Waals surface area (Å²) >= 11 is 0. The van der Waals surface area contributed by atoms with Crippen LogP contribution in [0, 0.1) is 22.7 Å². The summed E-state index contributed by atoms with van der Waals surface area (Å²) in [6, 6.07) is 0. The number of hydrogen-bond acceptors (Lipinski definition) is 4. The molecule has 4 atom stereocenters. The molecular weight excluding hydrogens is 288 g/mol. The summed E-state index contributed by atoms with van der Waals surface area (Å²) in [6.07, 6.45) is 6.17. The third-order valence-corrected chi connectivity index (χ3v) is 6.77. The molecule has 0 aromatic heterocycles. The van der Waals surface area contributed by atoms with E-state index in [1.165, 1.54) is 6.42 Å². The van der Waals surface area contributed by atoms with Gasteiger partial charge in [0, 0.05) is 5.92 Å². The van der Waals surface area contributed by atoms with E-state index in [0.29, 0.717) is 12.3 Å². The highest BCUT2D eigenvalue weighted by Crippen LogP contribution is 2.61. The van der Waals surface area contributed by atoms with Gasteiger partial charge in [-0.15, -0.1) is 0 Å². The Labute approximate surface area is 129 Å². The molecule has 0 spiro atoms. The summed E-state index contributed by atoms with van der Waals surface area (Å²) in [5.41, 5.74) is -0.676. The van der Waals surface area contributed by atoms with Gasteiger partial charge >= 0.3 is 0 Å². The molecular formula is C16H30O4S. The van der Waals surface area contributed by atoms with Crippen LogP contribution in [0.3, 0.4) is 0 Å². The lowest BCUT2D eigenvalue weighted by Crippen LogP contribution is -2.59. The molecule has 2 saturated carbocycles. The first-order valence-corrected chi connectivity index (χ1v) is 9.77. The zero-order chi connectivity index (χ0) is 16.1. The number of fused-ring (bicyclic) bond motifs is 1. The molecule has 2 aliphatic carbocycles. The monoisotopic (exact) mass is 318 g/mol. The smallest absolute Gasteiger partial charge is 0.264 e. The zero-order valence-corrected chi connectivity index (χ0v) is 14.8. The quantitative estimate of drug-likeness (QED) is 0.813. The SMILES string of the molecule is CC1(C)CCCC2(C)C1CCC(C)(O)C2COS(C)(=O)=O. The molecule has 0 bridgehead atoms. The predicted molar refractivity (Wildman–Crippen MR) is 83.4 cm³/mol. The lowest BCUT2D eigenvalue weighted by molar-refractivity contribution is -0.175. The van der Waals surface area contributed by atoms with Crippen molar-refractivity contribution < 1.29 is 17.7 Å². The van der Waals surface area contributed by atoms with Gasteiger partial charge in [0.15, 0.2) is 0 Å². The molecule has 0 aromatic carbocycles. The van der Waals surface area contributed by atoms with Gasteiger partial charge in [0.1, 0.15) is 0 Å². The van der Waals surface area contributed by atoms with E-state index in [-0.39, 0.29) is 23.4 Å². The van der Waals surface area contributed by atoms with E-state index in [4.69, 9.17) is 4.18 Å². The zero-order valence-electron chi connectivity index (χ0n) is 14.0. The number of rotatable bonds is 3. The Balaban J connectivity index is 2.32. The Morgan fingerprint density at radius 1 is 1.14 bits per heavy atom. The van der Waals surface area contributed by atoms with Crippen LogP contribution < -0.4 is 0 Å². The van der Waals surface area contributed by atoms with Gasteiger partial charge in [0.25, 0.3) is 10.1 Å². The van der Waals surface area contributed by atoms with Crippen LogP contribution in [0.15, 0.2) is 0 Å². The normalized spacial score (nSPS) is 43.3. The molecule has 2 aliphatic rings. The van der Waals surface area contributed by atoms with Crippen molar-refractivity contribution in [2.24, 2.45) is 22.7 Å². The first-order valence-electron chi connectivity index (χ1n) is 7.95. The highest BCUT2D eigenvalue weighted by atomic mass is 32.2. The molecule has 21 heavy (non-hydrogen) atoms. The second-order valence-corrected chi connectivity index (χ2v) is 9.98. The fraction of sp³-hybridized carbons (Fsp3) is 1.00. The molecule has 1 N–H and O–H groups in total. The van der Waals surface area contributed by atoms with Crippen LogP contribution >= 0.6 is 0 Å². The van der Waals surface area contributed by atoms with Crippen LogP contribution in [-0.2, 0) is 14.3 Å². The van der Waals surface area contributed by atoms with E-state index in [2.05, 4.69) is 20.8 Å². The molecule has 2 rings (SSSR count). The lowest BCUT2D eigenvalue weighted by Gasteiger charge is -2.60. The van der Waals surface area contributed by atoms with Crippen molar-refractivity contribution in [3.05, 3.63) is 0 Å². The van der Waals surface area contributed by atoms with Crippen LogP contribution in [0.5, 0.6) is 0 Å².